The molecule has 0 N–H and O–H groups in total. The zero-order chi connectivity index (χ0) is 21.8. The highest BCUT2D eigenvalue weighted by Gasteiger charge is 2.48. The molecule has 0 radical (unpaired) electrons. The molecule has 2 nitrogen and oxygen atoms in total. The van der Waals surface area contributed by atoms with Crippen LogP contribution in [0, 0.1) is 0 Å². The summed E-state index contributed by atoms with van der Waals surface area (Å²) < 4.78 is 30.0. The Morgan fingerprint density at radius 2 is 0.750 bits per heavy atom. The Hall–Kier alpha value is -3.18. The molecule has 4 aromatic carbocycles. The van der Waals surface area contributed by atoms with E-state index in [4.69, 9.17) is 0 Å². The van der Waals surface area contributed by atoms with Gasteiger partial charge in [0.1, 0.15) is 0 Å². The summed E-state index contributed by atoms with van der Waals surface area (Å²) in [5.41, 5.74) is 1.87. The molecular formula is C28H20O2P2. The lowest BCUT2D eigenvalue weighted by Crippen LogP contribution is -2.19. The summed E-state index contributed by atoms with van der Waals surface area (Å²) in [6.45, 7) is 0. The van der Waals surface area contributed by atoms with Gasteiger partial charge in [-0.3, -0.25) is 0 Å². The molecule has 2 aliphatic rings. The molecule has 0 unspecified atom stereocenters. The van der Waals surface area contributed by atoms with Crippen LogP contribution in [0.5, 0.6) is 0 Å². The van der Waals surface area contributed by atoms with E-state index in [0.29, 0.717) is 10.6 Å². The van der Waals surface area contributed by atoms with Gasteiger partial charge in [0.15, 0.2) is 14.3 Å². The van der Waals surface area contributed by atoms with E-state index in [-0.39, 0.29) is 0 Å². The van der Waals surface area contributed by atoms with E-state index in [1.54, 1.807) is 0 Å². The van der Waals surface area contributed by atoms with Crippen LogP contribution in [0.4, 0.5) is 0 Å². The second-order valence-electron chi connectivity index (χ2n) is 8.07. The number of hydrogen-bond donors (Lipinski definition) is 0. The van der Waals surface area contributed by atoms with Gasteiger partial charge in [-0.05, 0) is 23.3 Å². The molecule has 0 fully saturated rings. The Morgan fingerprint density at radius 1 is 0.406 bits per heavy atom. The Morgan fingerprint density at radius 3 is 1.16 bits per heavy atom. The molecule has 0 saturated carbocycles. The van der Waals surface area contributed by atoms with Crippen LogP contribution in [-0.2, 0) is 9.13 Å². The number of fused-ring (bicyclic) bond motifs is 2. The van der Waals surface area contributed by atoms with Crippen molar-refractivity contribution in [2.45, 2.75) is 0 Å². The van der Waals surface area contributed by atoms with Crippen LogP contribution in [0.25, 0.3) is 12.2 Å². The van der Waals surface area contributed by atoms with Gasteiger partial charge in [0.05, 0.1) is 0 Å². The van der Waals surface area contributed by atoms with E-state index in [2.05, 4.69) is 0 Å². The summed E-state index contributed by atoms with van der Waals surface area (Å²) in [6, 6.07) is 34.9. The van der Waals surface area contributed by atoms with Crippen molar-refractivity contribution in [3.63, 3.8) is 0 Å². The molecule has 2 atom stereocenters. The van der Waals surface area contributed by atoms with Gasteiger partial charge >= 0.3 is 0 Å². The minimum atomic E-state index is -3.18. The smallest absolute Gasteiger partial charge is 0.172 e. The predicted octanol–water partition coefficient (Wildman–Crippen LogP) is 5.72. The van der Waals surface area contributed by atoms with Crippen LogP contribution in [-0.4, -0.2) is 0 Å². The molecule has 2 aliphatic heterocycles. The fraction of sp³-hybridized carbons (Fsp3) is 0. The van der Waals surface area contributed by atoms with E-state index >= 15 is 0 Å². The van der Waals surface area contributed by atoms with Crippen molar-refractivity contribution in [2.24, 2.45) is 0 Å². The van der Waals surface area contributed by atoms with Crippen LogP contribution in [0.15, 0.2) is 120 Å². The molecule has 6 rings (SSSR count). The number of allylic oxidation sites excluding steroid dienone is 2. The van der Waals surface area contributed by atoms with Gasteiger partial charge in [-0.15, -0.1) is 0 Å². The number of benzene rings is 4. The van der Waals surface area contributed by atoms with Crippen LogP contribution in [0.3, 0.4) is 0 Å². The summed E-state index contributed by atoms with van der Waals surface area (Å²) >= 11 is 0. The molecule has 2 heterocycles. The highest BCUT2D eigenvalue weighted by atomic mass is 31.2. The van der Waals surface area contributed by atoms with Gasteiger partial charge < -0.3 is 9.13 Å². The van der Waals surface area contributed by atoms with Crippen LogP contribution in [0.2, 0.25) is 0 Å². The summed E-state index contributed by atoms with van der Waals surface area (Å²) in [7, 11) is -6.36. The van der Waals surface area contributed by atoms with Crippen molar-refractivity contribution in [3.05, 3.63) is 131 Å². The summed E-state index contributed by atoms with van der Waals surface area (Å²) in [6.07, 6.45) is 3.99. The van der Waals surface area contributed by atoms with Gasteiger partial charge in [0, 0.05) is 31.8 Å². The molecule has 0 aliphatic carbocycles. The third-order valence-corrected chi connectivity index (χ3v) is 12.8. The SMILES string of the molecule is O=[P@@]1(c2ccccc2)C(C2=Cc3ccccc3[P@@]2(=O)c2ccccc2)=Cc2ccccc21. The van der Waals surface area contributed by atoms with Gasteiger partial charge in [0.25, 0.3) is 0 Å². The number of hydrogen-bond acceptors (Lipinski definition) is 2. The van der Waals surface area contributed by atoms with Crippen molar-refractivity contribution in [2.75, 3.05) is 0 Å². The average Bonchev–Trinajstić information content (AvgIpc) is 3.33. The first-order valence-corrected chi connectivity index (χ1v) is 14.0. The monoisotopic (exact) mass is 450 g/mol. The van der Waals surface area contributed by atoms with Gasteiger partial charge in [0.2, 0.25) is 0 Å². The second-order valence-corrected chi connectivity index (χ2v) is 13.5. The topological polar surface area (TPSA) is 34.1 Å². The van der Waals surface area contributed by atoms with Crippen molar-refractivity contribution in [1.29, 1.82) is 0 Å². The first-order chi connectivity index (χ1) is 15.6. The van der Waals surface area contributed by atoms with Crippen molar-refractivity contribution in [3.8, 4) is 0 Å². The quantitative estimate of drug-likeness (QED) is 0.374. The molecule has 4 aromatic rings. The van der Waals surface area contributed by atoms with E-state index in [1.807, 2.05) is 121 Å². The standard InChI is InChI=1S/C28H20O2P2/c29-31(23-13-3-1-4-14-23)25-17-9-7-11-21(25)19-27(31)28-20-22-12-8-10-18-26(22)32(28,30)24-15-5-2-6-16-24/h1-20H/t31-,32+. The Bertz CT molecular complexity index is 1400. The molecule has 0 spiro atoms. The molecule has 0 bridgehead atoms. The molecule has 4 heteroatoms. The minimum absolute atomic E-state index is 0.688. The highest BCUT2D eigenvalue weighted by molar-refractivity contribution is 7.88. The average molecular weight is 450 g/mol. The normalized spacial score (nSPS) is 23.2. The van der Waals surface area contributed by atoms with E-state index in [1.165, 1.54) is 0 Å². The largest absolute Gasteiger partial charge is 0.309 e. The Kier molecular flexibility index (Phi) is 4.37. The molecular weight excluding hydrogens is 430 g/mol. The molecule has 154 valence electrons. The van der Waals surface area contributed by atoms with Gasteiger partial charge in [-0.2, -0.15) is 0 Å². The third kappa shape index (κ3) is 2.61. The zero-order valence-corrected chi connectivity index (χ0v) is 19.0. The maximum absolute atomic E-state index is 15.0. The zero-order valence-electron chi connectivity index (χ0n) is 17.3. The van der Waals surface area contributed by atoms with Crippen LogP contribution < -0.4 is 21.2 Å². The maximum Gasteiger partial charge on any atom is 0.172 e. The lowest BCUT2D eigenvalue weighted by atomic mass is 10.2. The van der Waals surface area contributed by atoms with Crippen molar-refractivity contribution in [1.82, 2.24) is 0 Å². The fourth-order valence-electron chi connectivity index (χ4n) is 4.83. The summed E-state index contributed by atoms with van der Waals surface area (Å²) in [4.78, 5) is 0. The van der Waals surface area contributed by atoms with Gasteiger partial charge in [-0.1, -0.05) is 109 Å². The Balaban J connectivity index is 1.66. The van der Waals surface area contributed by atoms with Gasteiger partial charge in [-0.25, -0.2) is 0 Å². The van der Waals surface area contributed by atoms with Crippen LogP contribution >= 0.6 is 14.3 Å². The predicted molar refractivity (Wildman–Crippen MR) is 135 cm³/mol. The summed E-state index contributed by atoms with van der Waals surface area (Å²) in [5.74, 6) is 0. The lowest BCUT2D eigenvalue weighted by molar-refractivity contribution is 0.588. The second kappa shape index (κ2) is 7.17. The van der Waals surface area contributed by atoms with Crippen LogP contribution in [0.1, 0.15) is 11.1 Å². The van der Waals surface area contributed by atoms with Crippen molar-refractivity contribution >= 4 is 47.7 Å². The highest BCUT2D eigenvalue weighted by Crippen LogP contribution is 2.70. The number of rotatable bonds is 3. The fourth-order valence-corrected chi connectivity index (χ4v) is 11.5. The first-order valence-electron chi connectivity index (χ1n) is 10.6. The van der Waals surface area contributed by atoms with E-state index in [9.17, 15) is 9.13 Å². The molecule has 0 saturated heterocycles. The van der Waals surface area contributed by atoms with E-state index < -0.39 is 14.3 Å². The summed E-state index contributed by atoms with van der Waals surface area (Å²) in [5, 5.41) is 4.55. The maximum atomic E-state index is 15.0. The molecule has 32 heavy (non-hydrogen) atoms. The first kappa shape index (κ1) is 19.5. The lowest BCUT2D eigenvalue weighted by Gasteiger charge is -2.24. The minimum Gasteiger partial charge on any atom is -0.309 e. The molecule has 0 amide bonds. The van der Waals surface area contributed by atoms with Crippen molar-refractivity contribution < 1.29 is 9.13 Å². The third-order valence-electron chi connectivity index (χ3n) is 6.32. The Labute approximate surface area is 187 Å². The van der Waals surface area contributed by atoms with E-state index in [0.717, 1.165) is 32.3 Å². The molecule has 0 aromatic heterocycles.